The van der Waals surface area contributed by atoms with E-state index in [1.165, 1.54) is 19.1 Å². The second kappa shape index (κ2) is 10.8. The van der Waals surface area contributed by atoms with Crippen molar-refractivity contribution in [3.63, 3.8) is 0 Å². The summed E-state index contributed by atoms with van der Waals surface area (Å²) < 4.78 is 0. The molecule has 11 heteroatoms. The van der Waals surface area contributed by atoms with Gasteiger partial charge in [-0.3, -0.25) is 14.4 Å². The SMILES string of the molecule is CC(NC(=O)C(Cc1ccc(O)cc1)NC(=O)CN)C(=O)NC(CO)C(=O)O. The zero-order valence-corrected chi connectivity index (χ0v) is 15.2. The van der Waals surface area contributed by atoms with Crippen LogP contribution in [0.4, 0.5) is 0 Å². The van der Waals surface area contributed by atoms with Crippen LogP contribution in [0.1, 0.15) is 12.5 Å². The summed E-state index contributed by atoms with van der Waals surface area (Å²) in [5.41, 5.74) is 5.90. The van der Waals surface area contributed by atoms with Crippen LogP contribution in [0, 0.1) is 0 Å². The van der Waals surface area contributed by atoms with Crippen molar-refractivity contribution >= 4 is 23.7 Å². The van der Waals surface area contributed by atoms with E-state index in [1.54, 1.807) is 12.1 Å². The van der Waals surface area contributed by atoms with Crippen LogP contribution in [0.25, 0.3) is 0 Å². The highest BCUT2D eigenvalue weighted by atomic mass is 16.4. The molecule has 3 atom stereocenters. The zero-order valence-electron chi connectivity index (χ0n) is 15.2. The van der Waals surface area contributed by atoms with Crippen LogP contribution in [0.2, 0.25) is 0 Å². The fraction of sp³-hybridized carbons (Fsp3) is 0.412. The van der Waals surface area contributed by atoms with Gasteiger partial charge in [-0.1, -0.05) is 12.1 Å². The number of hydrogen-bond acceptors (Lipinski definition) is 7. The van der Waals surface area contributed by atoms with E-state index in [2.05, 4.69) is 16.0 Å². The van der Waals surface area contributed by atoms with Crippen molar-refractivity contribution in [1.82, 2.24) is 16.0 Å². The smallest absolute Gasteiger partial charge is 0.328 e. The molecule has 0 fully saturated rings. The Balaban J connectivity index is 2.81. The number of hydrogen-bond donors (Lipinski definition) is 7. The summed E-state index contributed by atoms with van der Waals surface area (Å²) in [6, 6.07) is 2.30. The second-order valence-electron chi connectivity index (χ2n) is 6.01. The third-order valence-corrected chi connectivity index (χ3v) is 3.76. The normalized spacial score (nSPS) is 13.7. The van der Waals surface area contributed by atoms with Gasteiger partial charge in [-0.05, 0) is 24.6 Å². The van der Waals surface area contributed by atoms with Gasteiger partial charge < -0.3 is 37.0 Å². The Morgan fingerprint density at radius 2 is 1.61 bits per heavy atom. The lowest BCUT2D eigenvalue weighted by atomic mass is 10.0. The van der Waals surface area contributed by atoms with Crippen LogP contribution in [-0.2, 0) is 25.6 Å². The van der Waals surface area contributed by atoms with E-state index >= 15 is 0 Å². The molecular weight excluding hydrogens is 372 g/mol. The van der Waals surface area contributed by atoms with Gasteiger partial charge in [0.05, 0.1) is 13.2 Å². The molecule has 0 heterocycles. The van der Waals surface area contributed by atoms with Gasteiger partial charge in [-0.15, -0.1) is 0 Å². The first-order valence-corrected chi connectivity index (χ1v) is 8.39. The first-order valence-electron chi connectivity index (χ1n) is 8.39. The number of aliphatic carboxylic acids is 1. The molecule has 0 aliphatic rings. The van der Waals surface area contributed by atoms with Gasteiger partial charge in [0.1, 0.15) is 23.9 Å². The molecule has 11 nitrogen and oxygen atoms in total. The number of phenols is 1. The monoisotopic (exact) mass is 396 g/mol. The predicted molar refractivity (Wildman–Crippen MR) is 97.1 cm³/mol. The molecule has 28 heavy (non-hydrogen) atoms. The minimum atomic E-state index is -1.50. The highest BCUT2D eigenvalue weighted by molar-refractivity contribution is 5.93. The highest BCUT2D eigenvalue weighted by Crippen LogP contribution is 2.11. The summed E-state index contributed by atoms with van der Waals surface area (Å²) in [6.45, 7) is 0.176. The van der Waals surface area contributed by atoms with Crippen molar-refractivity contribution in [2.45, 2.75) is 31.5 Å². The molecule has 3 unspecified atom stereocenters. The van der Waals surface area contributed by atoms with Gasteiger partial charge >= 0.3 is 5.97 Å². The van der Waals surface area contributed by atoms with Gasteiger partial charge in [0.15, 0.2) is 0 Å². The van der Waals surface area contributed by atoms with Gasteiger partial charge in [0, 0.05) is 6.42 Å². The molecular formula is C17H24N4O7. The van der Waals surface area contributed by atoms with Crippen molar-refractivity contribution in [2.75, 3.05) is 13.2 Å². The molecule has 0 saturated carbocycles. The van der Waals surface area contributed by atoms with E-state index in [0.717, 1.165) is 0 Å². The van der Waals surface area contributed by atoms with E-state index in [9.17, 15) is 24.3 Å². The number of carbonyl (C=O) groups is 4. The van der Waals surface area contributed by atoms with Crippen molar-refractivity contribution in [1.29, 1.82) is 0 Å². The predicted octanol–water partition coefficient (Wildman–Crippen LogP) is -2.56. The number of nitrogens with two attached hydrogens (primary N) is 1. The fourth-order valence-corrected chi connectivity index (χ4v) is 2.19. The number of phenolic OH excluding ortho intramolecular Hbond substituents is 1. The minimum Gasteiger partial charge on any atom is -0.508 e. The molecule has 0 aromatic heterocycles. The number of carboxylic acid groups (broad SMARTS) is 1. The van der Waals surface area contributed by atoms with Crippen LogP contribution in [-0.4, -0.2) is 70.3 Å². The number of amides is 3. The largest absolute Gasteiger partial charge is 0.508 e. The second-order valence-corrected chi connectivity index (χ2v) is 6.01. The summed E-state index contributed by atoms with van der Waals surface area (Å²) in [5.74, 6) is -3.47. The third-order valence-electron chi connectivity index (χ3n) is 3.76. The van der Waals surface area contributed by atoms with Crippen LogP contribution >= 0.6 is 0 Å². The molecule has 0 saturated heterocycles. The number of nitrogens with one attached hydrogen (secondary N) is 3. The molecule has 1 rings (SSSR count). The van der Waals surface area contributed by atoms with E-state index < -0.39 is 48.4 Å². The van der Waals surface area contributed by atoms with E-state index in [1.807, 2.05) is 0 Å². The van der Waals surface area contributed by atoms with Crippen molar-refractivity contribution in [2.24, 2.45) is 5.73 Å². The number of aromatic hydroxyl groups is 1. The number of aliphatic hydroxyl groups excluding tert-OH is 1. The van der Waals surface area contributed by atoms with Crippen LogP contribution < -0.4 is 21.7 Å². The highest BCUT2D eigenvalue weighted by Gasteiger charge is 2.27. The topological polar surface area (TPSA) is 191 Å². The summed E-state index contributed by atoms with van der Waals surface area (Å²) in [5, 5.41) is 34.0. The average molecular weight is 396 g/mol. The first-order chi connectivity index (χ1) is 13.2. The Morgan fingerprint density at radius 3 is 2.11 bits per heavy atom. The van der Waals surface area contributed by atoms with E-state index in [0.29, 0.717) is 5.56 Å². The van der Waals surface area contributed by atoms with Gasteiger partial charge in [0.2, 0.25) is 17.7 Å². The molecule has 0 aliphatic heterocycles. The molecule has 154 valence electrons. The minimum absolute atomic E-state index is 0.0397. The molecule has 1 aromatic carbocycles. The summed E-state index contributed by atoms with van der Waals surface area (Å²) in [7, 11) is 0. The average Bonchev–Trinajstić information content (AvgIpc) is 2.66. The molecule has 0 radical (unpaired) electrons. The summed E-state index contributed by atoms with van der Waals surface area (Å²) in [4.78, 5) is 47.0. The lowest BCUT2D eigenvalue weighted by Crippen LogP contribution is -2.56. The van der Waals surface area contributed by atoms with Gasteiger partial charge in [-0.25, -0.2) is 4.79 Å². The molecule has 8 N–H and O–H groups in total. The molecule has 3 amide bonds. The number of carboxylic acids is 1. The molecule has 0 bridgehead atoms. The third kappa shape index (κ3) is 7.21. The van der Waals surface area contributed by atoms with E-state index in [4.69, 9.17) is 15.9 Å². The molecule has 1 aromatic rings. The van der Waals surface area contributed by atoms with Crippen molar-refractivity contribution in [3.8, 4) is 5.75 Å². The summed E-state index contributed by atoms with van der Waals surface area (Å²) >= 11 is 0. The fourth-order valence-electron chi connectivity index (χ4n) is 2.19. The molecule has 0 aliphatic carbocycles. The maximum Gasteiger partial charge on any atom is 0.328 e. The Labute approximate surface area is 160 Å². The Kier molecular flexibility index (Phi) is 8.85. The van der Waals surface area contributed by atoms with E-state index in [-0.39, 0.29) is 18.7 Å². The van der Waals surface area contributed by atoms with Crippen LogP contribution in [0.5, 0.6) is 5.75 Å². The lowest BCUT2D eigenvalue weighted by molar-refractivity contribution is -0.143. The van der Waals surface area contributed by atoms with Gasteiger partial charge in [-0.2, -0.15) is 0 Å². The zero-order chi connectivity index (χ0) is 21.3. The van der Waals surface area contributed by atoms with Crippen molar-refractivity contribution in [3.05, 3.63) is 29.8 Å². The Morgan fingerprint density at radius 1 is 1.00 bits per heavy atom. The number of aliphatic hydroxyl groups is 1. The van der Waals surface area contributed by atoms with Gasteiger partial charge in [0.25, 0.3) is 0 Å². The molecule has 0 spiro atoms. The van der Waals surface area contributed by atoms with Crippen molar-refractivity contribution < 1.29 is 34.5 Å². The van der Waals surface area contributed by atoms with Crippen LogP contribution in [0.3, 0.4) is 0 Å². The first kappa shape index (κ1) is 22.9. The standard InChI is InChI=1S/C17H24N4O7/c1-9(15(25)21-13(8-22)17(27)28)19-16(26)12(20-14(24)7-18)6-10-2-4-11(23)5-3-10/h2-5,9,12-13,22-23H,6-8,18H2,1H3,(H,19,26)(H,20,24)(H,21,25)(H,27,28). The number of carbonyl (C=O) groups excluding carboxylic acids is 3. The quantitative estimate of drug-likeness (QED) is 0.225. The Hall–Kier alpha value is -3.18. The Bertz CT molecular complexity index is 708. The maximum absolute atomic E-state index is 12.5. The maximum atomic E-state index is 12.5. The number of rotatable bonds is 10. The number of benzene rings is 1. The summed E-state index contributed by atoms with van der Waals surface area (Å²) in [6.07, 6.45) is 0.0700. The lowest BCUT2D eigenvalue weighted by Gasteiger charge is -2.22. The van der Waals surface area contributed by atoms with Crippen LogP contribution in [0.15, 0.2) is 24.3 Å².